The predicted octanol–water partition coefficient (Wildman–Crippen LogP) is 2.13. The number of hydrogen-bond donors (Lipinski definition) is 2. The molecule has 0 aliphatic rings. The molecular weight excluding hydrogens is 228 g/mol. The van der Waals surface area contributed by atoms with Gasteiger partial charge in [0.1, 0.15) is 5.69 Å². The molecular formula is C13H16N4O. The van der Waals surface area contributed by atoms with Crippen LogP contribution in [0.3, 0.4) is 0 Å². The Morgan fingerprint density at radius 3 is 2.83 bits per heavy atom. The third-order valence-electron chi connectivity index (χ3n) is 2.55. The van der Waals surface area contributed by atoms with E-state index >= 15 is 0 Å². The van der Waals surface area contributed by atoms with Gasteiger partial charge >= 0.3 is 0 Å². The van der Waals surface area contributed by atoms with Crippen LogP contribution in [0.5, 0.6) is 0 Å². The van der Waals surface area contributed by atoms with Crippen LogP contribution < -0.4 is 11.1 Å². The SMILES string of the molecule is CCCn1cc(N)cc1C(=O)Nc1ccncc1. The van der Waals surface area contributed by atoms with E-state index in [0.29, 0.717) is 11.4 Å². The number of anilines is 2. The summed E-state index contributed by atoms with van der Waals surface area (Å²) in [6, 6.07) is 5.18. The number of nitrogens with two attached hydrogens (primary N) is 1. The summed E-state index contributed by atoms with van der Waals surface area (Å²) in [6.07, 6.45) is 6.00. The molecule has 0 saturated heterocycles. The molecule has 2 aromatic rings. The largest absolute Gasteiger partial charge is 0.397 e. The van der Waals surface area contributed by atoms with Crippen molar-refractivity contribution in [3.63, 3.8) is 0 Å². The fraction of sp³-hybridized carbons (Fsp3) is 0.231. The first kappa shape index (κ1) is 12.2. The van der Waals surface area contributed by atoms with Crippen molar-refractivity contribution >= 4 is 17.3 Å². The minimum absolute atomic E-state index is 0.161. The zero-order valence-electron chi connectivity index (χ0n) is 10.3. The molecule has 94 valence electrons. The second-order valence-electron chi connectivity index (χ2n) is 4.04. The number of nitrogen functional groups attached to an aromatic ring is 1. The molecule has 5 nitrogen and oxygen atoms in total. The Morgan fingerprint density at radius 1 is 1.44 bits per heavy atom. The van der Waals surface area contributed by atoms with Gasteiger partial charge in [-0.1, -0.05) is 6.92 Å². The van der Waals surface area contributed by atoms with Gasteiger partial charge in [-0.25, -0.2) is 0 Å². The van der Waals surface area contributed by atoms with Gasteiger partial charge in [0.05, 0.1) is 5.69 Å². The molecule has 0 spiro atoms. The van der Waals surface area contributed by atoms with E-state index in [4.69, 9.17) is 5.73 Å². The lowest BCUT2D eigenvalue weighted by Crippen LogP contribution is -2.16. The molecule has 0 radical (unpaired) electrons. The van der Waals surface area contributed by atoms with Gasteiger partial charge in [-0.3, -0.25) is 9.78 Å². The molecule has 5 heteroatoms. The van der Waals surface area contributed by atoms with Gasteiger partial charge in [0, 0.05) is 30.8 Å². The fourth-order valence-electron chi connectivity index (χ4n) is 1.78. The van der Waals surface area contributed by atoms with Crippen molar-refractivity contribution in [3.8, 4) is 0 Å². The summed E-state index contributed by atoms with van der Waals surface area (Å²) in [5.41, 5.74) is 7.63. The van der Waals surface area contributed by atoms with Crippen LogP contribution in [-0.4, -0.2) is 15.5 Å². The number of pyridine rings is 1. The lowest BCUT2D eigenvalue weighted by atomic mass is 10.3. The molecule has 2 aromatic heterocycles. The standard InChI is InChI=1S/C13H16N4O/c1-2-7-17-9-10(14)8-12(17)13(18)16-11-3-5-15-6-4-11/h3-6,8-9H,2,7,14H2,1H3,(H,15,16,18). The van der Waals surface area contributed by atoms with Gasteiger partial charge in [0.15, 0.2) is 0 Å². The van der Waals surface area contributed by atoms with Gasteiger partial charge in [0.25, 0.3) is 5.91 Å². The Bertz CT molecular complexity index is 533. The number of nitrogens with zero attached hydrogens (tertiary/aromatic N) is 2. The lowest BCUT2D eigenvalue weighted by Gasteiger charge is -2.08. The highest BCUT2D eigenvalue weighted by molar-refractivity contribution is 6.03. The maximum absolute atomic E-state index is 12.1. The number of aryl methyl sites for hydroxylation is 1. The summed E-state index contributed by atoms with van der Waals surface area (Å²) in [4.78, 5) is 16.0. The van der Waals surface area contributed by atoms with E-state index in [1.54, 1.807) is 36.8 Å². The number of nitrogens with one attached hydrogen (secondary N) is 1. The van der Waals surface area contributed by atoms with Gasteiger partial charge in [-0.15, -0.1) is 0 Å². The topological polar surface area (TPSA) is 72.9 Å². The van der Waals surface area contributed by atoms with Crippen molar-refractivity contribution in [3.05, 3.63) is 42.5 Å². The second kappa shape index (κ2) is 5.35. The van der Waals surface area contributed by atoms with Crippen molar-refractivity contribution < 1.29 is 4.79 Å². The predicted molar refractivity (Wildman–Crippen MR) is 71.3 cm³/mol. The molecule has 0 saturated carbocycles. The van der Waals surface area contributed by atoms with Crippen molar-refractivity contribution in [1.82, 2.24) is 9.55 Å². The number of aromatic nitrogens is 2. The molecule has 3 N–H and O–H groups in total. The summed E-state index contributed by atoms with van der Waals surface area (Å²) in [5, 5.41) is 2.82. The summed E-state index contributed by atoms with van der Waals surface area (Å²) in [7, 11) is 0. The van der Waals surface area contributed by atoms with E-state index in [1.807, 2.05) is 4.57 Å². The zero-order valence-corrected chi connectivity index (χ0v) is 10.3. The minimum atomic E-state index is -0.161. The molecule has 0 aliphatic heterocycles. The quantitative estimate of drug-likeness (QED) is 0.865. The molecule has 0 fully saturated rings. The van der Waals surface area contributed by atoms with Crippen LogP contribution in [-0.2, 0) is 6.54 Å². The highest BCUT2D eigenvalue weighted by Gasteiger charge is 2.12. The lowest BCUT2D eigenvalue weighted by molar-refractivity contribution is 0.101. The first-order chi connectivity index (χ1) is 8.70. The minimum Gasteiger partial charge on any atom is -0.397 e. The second-order valence-corrected chi connectivity index (χ2v) is 4.04. The maximum atomic E-state index is 12.1. The Hall–Kier alpha value is -2.30. The summed E-state index contributed by atoms with van der Waals surface area (Å²) >= 11 is 0. The Kier molecular flexibility index (Phi) is 3.62. The number of amides is 1. The molecule has 0 aromatic carbocycles. The van der Waals surface area contributed by atoms with Gasteiger partial charge < -0.3 is 15.6 Å². The summed E-state index contributed by atoms with van der Waals surface area (Å²) in [5.74, 6) is -0.161. The Labute approximate surface area is 106 Å². The van der Waals surface area contributed by atoms with Crippen molar-refractivity contribution in [2.24, 2.45) is 0 Å². The molecule has 2 heterocycles. The molecule has 0 aliphatic carbocycles. The molecule has 0 bridgehead atoms. The summed E-state index contributed by atoms with van der Waals surface area (Å²) in [6.45, 7) is 2.83. The summed E-state index contributed by atoms with van der Waals surface area (Å²) < 4.78 is 1.87. The highest BCUT2D eigenvalue weighted by Crippen LogP contribution is 2.14. The van der Waals surface area contributed by atoms with Crippen molar-refractivity contribution in [1.29, 1.82) is 0 Å². The molecule has 2 rings (SSSR count). The van der Waals surface area contributed by atoms with E-state index in [2.05, 4.69) is 17.2 Å². The first-order valence-corrected chi connectivity index (χ1v) is 5.87. The average Bonchev–Trinajstić information content (AvgIpc) is 2.72. The van der Waals surface area contributed by atoms with E-state index in [1.165, 1.54) is 0 Å². The van der Waals surface area contributed by atoms with Crippen LogP contribution in [0.4, 0.5) is 11.4 Å². The third kappa shape index (κ3) is 2.68. The van der Waals surface area contributed by atoms with Crippen LogP contribution in [0, 0.1) is 0 Å². The van der Waals surface area contributed by atoms with Gasteiger partial charge in [-0.2, -0.15) is 0 Å². The van der Waals surface area contributed by atoms with E-state index in [9.17, 15) is 4.79 Å². The molecule has 18 heavy (non-hydrogen) atoms. The normalized spacial score (nSPS) is 10.3. The monoisotopic (exact) mass is 244 g/mol. The van der Waals surface area contributed by atoms with Crippen molar-refractivity contribution in [2.45, 2.75) is 19.9 Å². The molecule has 1 amide bonds. The average molecular weight is 244 g/mol. The van der Waals surface area contributed by atoms with E-state index in [0.717, 1.165) is 18.7 Å². The highest BCUT2D eigenvalue weighted by atomic mass is 16.1. The van der Waals surface area contributed by atoms with Crippen LogP contribution in [0.25, 0.3) is 0 Å². The number of rotatable bonds is 4. The smallest absolute Gasteiger partial charge is 0.272 e. The van der Waals surface area contributed by atoms with Crippen LogP contribution in [0.1, 0.15) is 23.8 Å². The Balaban J connectivity index is 2.18. The fourth-order valence-corrected chi connectivity index (χ4v) is 1.78. The number of hydrogen-bond acceptors (Lipinski definition) is 3. The first-order valence-electron chi connectivity index (χ1n) is 5.87. The number of carbonyl (C=O) groups is 1. The van der Waals surface area contributed by atoms with Gasteiger partial charge in [-0.05, 0) is 24.6 Å². The van der Waals surface area contributed by atoms with Crippen LogP contribution >= 0.6 is 0 Å². The van der Waals surface area contributed by atoms with E-state index in [-0.39, 0.29) is 5.91 Å². The van der Waals surface area contributed by atoms with E-state index < -0.39 is 0 Å². The van der Waals surface area contributed by atoms with Crippen LogP contribution in [0.2, 0.25) is 0 Å². The van der Waals surface area contributed by atoms with Gasteiger partial charge in [0.2, 0.25) is 0 Å². The zero-order chi connectivity index (χ0) is 13.0. The maximum Gasteiger partial charge on any atom is 0.272 e. The van der Waals surface area contributed by atoms with Crippen molar-refractivity contribution in [2.75, 3.05) is 11.1 Å². The number of carbonyl (C=O) groups excluding carboxylic acids is 1. The third-order valence-corrected chi connectivity index (χ3v) is 2.55. The molecule has 0 atom stereocenters. The van der Waals surface area contributed by atoms with Crippen LogP contribution in [0.15, 0.2) is 36.8 Å². The molecule has 0 unspecified atom stereocenters. The Morgan fingerprint density at radius 2 is 2.17 bits per heavy atom.